The smallest absolute Gasteiger partial charge is 1.00 e. The molecule has 10 heteroatoms. The summed E-state index contributed by atoms with van der Waals surface area (Å²) >= 11 is 0. The topological polar surface area (TPSA) is 93.8 Å². The first-order valence-electron chi connectivity index (χ1n) is 12.7. The van der Waals surface area contributed by atoms with Crippen LogP contribution in [0, 0.1) is 18.6 Å². The van der Waals surface area contributed by atoms with Crippen LogP contribution in [0.3, 0.4) is 0 Å². The Morgan fingerprint density at radius 3 is 2.33 bits per heavy atom. The minimum Gasteiger partial charge on any atom is -1.00 e. The summed E-state index contributed by atoms with van der Waals surface area (Å²) < 4.78 is 35.2. The Labute approximate surface area is 273 Å². The van der Waals surface area contributed by atoms with Gasteiger partial charge in [-0.3, -0.25) is 18.9 Å². The summed E-state index contributed by atoms with van der Waals surface area (Å²) in [6.45, 7) is 3.80. The van der Waals surface area contributed by atoms with Gasteiger partial charge in [0.15, 0.2) is 5.82 Å². The molecule has 5 aromatic rings. The first kappa shape index (κ1) is 29.9. The second kappa shape index (κ2) is 13.1. The molecular formula is C30H27F2KN4O3. The van der Waals surface area contributed by atoms with Crippen LogP contribution in [0.5, 0.6) is 0 Å². The van der Waals surface area contributed by atoms with Gasteiger partial charge >= 0.3 is 57.1 Å². The van der Waals surface area contributed by atoms with E-state index in [1.165, 1.54) is 22.8 Å². The summed E-state index contributed by atoms with van der Waals surface area (Å²) in [5.41, 5.74) is 3.30. The predicted octanol–water partition coefficient (Wildman–Crippen LogP) is 3.01. The number of nitrogens with zero attached hydrogens (tertiary/aromatic N) is 3. The Morgan fingerprint density at radius 2 is 1.68 bits per heavy atom. The van der Waals surface area contributed by atoms with E-state index in [0.29, 0.717) is 51.3 Å². The fraction of sp³-hybridized carbons (Fsp3) is 0.200. The molecule has 2 heterocycles. The van der Waals surface area contributed by atoms with Crippen molar-refractivity contribution in [3.63, 3.8) is 0 Å². The summed E-state index contributed by atoms with van der Waals surface area (Å²) in [4.78, 5) is 32.4. The summed E-state index contributed by atoms with van der Waals surface area (Å²) in [5, 5.41) is 3.75. The third-order valence-corrected chi connectivity index (χ3v) is 6.63. The van der Waals surface area contributed by atoms with Gasteiger partial charge in [0.25, 0.3) is 5.56 Å². The van der Waals surface area contributed by atoms with E-state index >= 15 is 4.39 Å². The Balaban J connectivity index is 0.00000231. The molecule has 1 N–H and O–H groups in total. The number of unbranched alkanes of at least 4 members (excludes halogenated alkanes) is 1. The Kier molecular flexibility index (Phi) is 9.80. The molecule has 0 atom stereocenters. The summed E-state index contributed by atoms with van der Waals surface area (Å²) in [6, 6.07) is 17.6. The van der Waals surface area contributed by atoms with Crippen molar-refractivity contribution in [3.05, 3.63) is 116 Å². The molecule has 7 nitrogen and oxygen atoms in total. The summed E-state index contributed by atoms with van der Waals surface area (Å²) in [5.74, 6) is -0.756. The minimum absolute atomic E-state index is 0. The zero-order valence-electron chi connectivity index (χ0n) is 23.5. The summed E-state index contributed by atoms with van der Waals surface area (Å²) in [6.07, 6.45) is 2.30. The number of hydrogen-bond donors (Lipinski definition) is 1. The quantitative estimate of drug-likeness (QED) is 0.291. The van der Waals surface area contributed by atoms with E-state index in [2.05, 4.69) is 14.7 Å². The Hall–Kier alpha value is -3.02. The van der Waals surface area contributed by atoms with Crippen LogP contribution >= 0.6 is 0 Å². The van der Waals surface area contributed by atoms with Crippen LogP contribution in [-0.4, -0.2) is 19.7 Å². The number of aromatic nitrogens is 4. The number of hydrogen-bond acceptors (Lipinski definition) is 5. The number of nitrogens with one attached hydrogen (secondary N) is 1. The second-order valence-electron chi connectivity index (χ2n) is 9.29. The van der Waals surface area contributed by atoms with E-state index < -0.39 is 17.4 Å². The Morgan fingerprint density at radius 1 is 0.975 bits per heavy atom. The van der Waals surface area contributed by atoms with Gasteiger partial charge in [-0.2, -0.15) is 0 Å². The number of benzene rings is 3. The molecule has 0 saturated heterocycles. The maximum atomic E-state index is 15.6. The van der Waals surface area contributed by atoms with E-state index in [0.717, 1.165) is 12.8 Å². The van der Waals surface area contributed by atoms with E-state index in [1.54, 1.807) is 55.5 Å². The van der Waals surface area contributed by atoms with E-state index in [1.807, 2.05) is 6.92 Å². The normalized spacial score (nSPS) is 10.9. The van der Waals surface area contributed by atoms with Crippen molar-refractivity contribution in [2.45, 2.75) is 39.7 Å². The maximum Gasteiger partial charge on any atom is 1.00 e. The zero-order valence-corrected chi connectivity index (χ0v) is 25.6. The molecule has 0 aliphatic carbocycles. The molecule has 0 aliphatic heterocycles. The third kappa shape index (κ3) is 6.31. The van der Waals surface area contributed by atoms with Gasteiger partial charge in [0.1, 0.15) is 17.5 Å². The number of aryl methyl sites for hydroxylation is 2. The number of rotatable bonds is 8. The van der Waals surface area contributed by atoms with Gasteiger partial charge in [-0.1, -0.05) is 67.0 Å². The van der Waals surface area contributed by atoms with Gasteiger partial charge in [0.2, 0.25) is 0 Å². The molecule has 0 unspecified atom stereocenters. The zero-order chi connectivity index (χ0) is 27.5. The SMILES string of the molecule is CCCCc1nc(C)c(-c2ccc(F)cc2)c(=O)n1Cc1ccc(-c2ccccc2-c2noc(=O)[nH]2)cc1F.[H-].[K+]. The molecule has 0 fully saturated rings. The van der Waals surface area contributed by atoms with Crippen molar-refractivity contribution in [2.75, 3.05) is 0 Å². The van der Waals surface area contributed by atoms with Crippen LogP contribution in [0.2, 0.25) is 0 Å². The van der Waals surface area contributed by atoms with Crippen molar-refractivity contribution in [2.24, 2.45) is 0 Å². The van der Waals surface area contributed by atoms with Gasteiger partial charge in [0.05, 0.1) is 17.8 Å². The summed E-state index contributed by atoms with van der Waals surface area (Å²) in [7, 11) is 0. The largest absolute Gasteiger partial charge is 1.00 e. The maximum absolute atomic E-state index is 15.6. The second-order valence-corrected chi connectivity index (χ2v) is 9.29. The van der Waals surface area contributed by atoms with Crippen LogP contribution in [0.4, 0.5) is 8.78 Å². The monoisotopic (exact) mass is 568 g/mol. The molecular weight excluding hydrogens is 541 g/mol. The number of halogens is 2. The van der Waals surface area contributed by atoms with Crippen LogP contribution in [0.1, 0.15) is 38.3 Å². The molecule has 5 rings (SSSR count). The third-order valence-electron chi connectivity index (χ3n) is 6.63. The van der Waals surface area contributed by atoms with Crippen molar-refractivity contribution in [1.29, 1.82) is 0 Å². The average molecular weight is 569 g/mol. The number of H-pyrrole nitrogens is 1. The molecule has 2 aromatic heterocycles. The van der Waals surface area contributed by atoms with Crippen LogP contribution in [0.25, 0.3) is 33.6 Å². The number of aromatic amines is 1. The van der Waals surface area contributed by atoms with Crippen molar-refractivity contribution in [1.82, 2.24) is 19.7 Å². The fourth-order valence-electron chi connectivity index (χ4n) is 4.66. The van der Waals surface area contributed by atoms with Gasteiger partial charge < -0.3 is 1.43 Å². The van der Waals surface area contributed by atoms with E-state index in [4.69, 9.17) is 4.98 Å². The van der Waals surface area contributed by atoms with Gasteiger partial charge in [-0.05, 0) is 48.2 Å². The van der Waals surface area contributed by atoms with Gasteiger partial charge in [-0.15, -0.1) is 0 Å². The molecule has 200 valence electrons. The van der Waals surface area contributed by atoms with E-state index in [-0.39, 0.29) is 70.7 Å². The first-order chi connectivity index (χ1) is 18.9. The van der Waals surface area contributed by atoms with Crippen molar-refractivity contribution in [3.8, 4) is 33.6 Å². The fourth-order valence-corrected chi connectivity index (χ4v) is 4.66. The molecule has 0 radical (unpaired) electrons. The average Bonchev–Trinajstić information content (AvgIpc) is 3.37. The van der Waals surface area contributed by atoms with Crippen molar-refractivity contribution >= 4 is 0 Å². The first-order valence-corrected chi connectivity index (χ1v) is 12.7. The van der Waals surface area contributed by atoms with Gasteiger partial charge in [-0.25, -0.2) is 18.6 Å². The van der Waals surface area contributed by atoms with Crippen molar-refractivity contribution < 1.29 is 66.1 Å². The standard InChI is InChI=1S/C30H26F2N4O3.K.H/c1-3-4-9-26-33-18(2)27(19-12-14-22(31)15-13-19)29(37)36(26)17-21-11-10-20(16-25(21)32)23-7-5-6-8-24(23)28-34-30(38)39-35-28;;/h5-8,10-16H,3-4,9,17H2,1-2H3,(H,34,35,38);;/q;+1;-1. The van der Waals surface area contributed by atoms with Crippen LogP contribution in [-0.2, 0) is 13.0 Å². The minimum atomic E-state index is -0.683. The molecule has 3 aromatic carbocycles. The molecule has 0 bridgehead atoms. The van der Waals surface area contributed by atoms with Crippen LogP contribution < -0.4 is 62.7 Å². The molecule has 0 spiro atoms. The van der Waals surface area contributed by atoms with Crippen LogP contribution in [0.15, 0.2) is 80.8 Å². The molecule has 0 amide bonds. The Bertz CT molecular complexity index is 1770. The molecule has 0 aliphatic rings. The predicted molar refractivity (Wildman–Crippen MR) is 145 cm³/mol. The van der Waals surface area contributed by atoms with E-state index in [9.17, 15) is 14.0 Å². The molecule has 40 heavy (non-hydrogen) atoms. The molecule has 0 saturated carbocycles. The van der Waals surface area contributed by atoms with Gasteiger partial charge in [0, 0.05) is 17.5 Å².